The van der Waals surface area contributed by atoms with Gasteiger partial charge in [0, 0.05) is 37.5 Å². The van der Waals surface area contributed by atoms with Gasteiger partial charge in [-0.3, -0.25) is 9.59 Å². The molecule has 1 aromatic heterocycles. The Labute approximate surface area is 123 Å². The molecule has 0 aliphatic carbocycles. The first-order valence-corrected chi connectivity index (χ1v) is 8.31. The molecule has 0 atom stereocenters. The third-order valence-electron chi connectivity index (χ3n) is 4.32. The lowest BCUT2D eigenvalue weighted by atomic mass is 9.99. The lowest BCUT2D eigenvalue weighted by molar-refractivity contribution is -0.136. The van der Waals surface area contributed by atoms with Crippen LogP contribution in [-0.2, 0) is 4.79 Å². The molecule has 2 amide bonds. The van der Waals surface area contributed by atoms with Crippen molar-refractivity contribution in [3.8, 4) is 0 Å². The molecule has 2 saturated heterocycles. The highest BCUT2D eigenvalue weighted by molar-refractivity contribution is 7.08. The molecule has 3 heterocycles. The lowest BCUT2D eigenvalue weighted by Gasteiger charge is -2.40. The van der Waals surface area contributed by atoms with Crippen molar-refractivity contribution < 1.29 is 9.59 Å². The summed E-state index contributed by atoms with van der Waals surface area (Å²) in [6.45, 7) is 2.44. The summed E-state index contributed by atoms with van der Waals surface area (Å²) < 4.78 is 0. The van der Waals surface area contributed by atoms with Gasteiger partial charge in [-0.2, -0.15) is 11.3 Å². The summed E-state index contributed by atoms with van der Waals surface area (Å²) in [4.78, 5) is 28.2. The van der Waals surface area contributed by atoms with Gasteiger partial charge in [-0.1, -0.05) is 0 Å². The first kappa shape index (κ1) is 13.6. The zero-order chi connectivity index (χ0) is 13.9. The summed E-state index contributed by atoms with van der Waals surface area (Å²) in [7, 11) is 0. The van der Waals surface area contributed by atoms with Crippen molar-refractivity contribution in [1.29, 1.82) is 0 Å². The predicted molar refractivity (Wildman–Crippen MR) is 78.8 cm³/mol. The minimum atomic E-state index is 0.134. The maximum Gasteiger partial charge on any atom is 0.254 e. The maximum atomic E-state index is 12.3. The van der Waals surface area contributed by atoms with Crippen LogP contribution in [0.4, 0.5) is 0 Å². The molecular formula is C15H20N2O2S. The van der Waals surface area contributed by atoms with Crippen LogP contribution in [0.1, 0.15) is 42.5 Å². The summed E-state index contributed by atoms with van der Waals surface area (Å²) >= 11 is 1.56. The standard InChI is InChI=1S/C15H20N2O2S/c18-14-3-1-2-7-17(14)13-4-8-16(9-5-13)15(19)12-6-10-20-11-12/h6,10-11,13H,1-5,7-9H2. The van der Waals surface area contributed by atoms with Crippen LogP contribution in [0.5, 0.6) is 0 Å². The van der Waals surface area contributed by atoms with Gasteiger partial charge in [0.15, 0.2) is 0 Å². The average molecular weight is 292 g/mol. The molecule has 0 aromatic carbocycles. The van der Waals surface area contributed by atoms with E-state index in [4.69, 9.17) is 0 Å². The molecule has 0 N–H and O–H groups in total. The highest BCUT2D eigenvalue weighted by Gasteiger charge is 2.30. The number of piperidine rings is 2. The lowest BCUT2D eigenvalue weighted by Crippen LogP contribution is -2.50. The van der Waals surface area contributed by atoms with Gasteiger partial charge >= 0.3 is 0 Å². The number of amides is 2. The normalized spacial score (nSPS) is 21.3. The van der Waals surface area contributed by atoms with E-state index in [2.05, 4.69) is 4.90 Å². The van der Waals surface area contributed by atoms with Crippen molar-refractivity contribution in [1.82, 2.24) is 9.80 Å². The molecule has 2 fully saturated rings. The van der Waals surface area contributed by atoms with Gasteiger partial charge in [-0.15, -0.1) is 0 Å². The van der Waals surface area contributed by atoms with Crippen LogP contribution in [-0.4, -0.2) is 47.3 Å². The number of nitrogens with zero attached hydrogens (tertiary/aromatic N) is 2. The van der Waals surface area contributed by atoms with E-state index in [1.165, 1.54) is 0 Å². The molecule has 2 aliphatic rings. The molecule has 0 spiro atoms. The van der Waals surface area contributed by atoms with E-state index in [1.807, 2.05) is 21.7 Å². The predicted octanol–water partition coefficient (Wildman–Crippen LogP) is 2.37. The van der Waals surface area contributed by atoms with Crippen LogP contribution in [0.3, 0.4) is 0 Å². The van der Waals surface area contributed by atoms with E-state index >= 15 is 0 Å². The number of carbonyl (C=O) groups is 2. The summed E-state index contributed by atoms with van der Waals surface area (Å²) in [5, 5.41) is 3.84. The zero-order valence-electron chi connectivity index (χ0n) is 11.6. The SMILES string of the molecule is O=C(c1ccsc1)N1CCC(N2CCCCC2=O)CC1. The van der Waals surface area contributed by atoms with E-state index < -0.39 is 0 Å². The third kappa shape index (κ3) is 2.73. The van der Waals surface area contributed by atoms with E-state index in [1.54, 1.807) is 11.3 Å². The Hall–Kier alpha value is -1.36. The van der Waals surface area contributed by atoms with Crippen LogP contribution in [0.25, 0.3) is 0 Å². The van der Waals surface area contributed by atoms with Gasteiger partial charge in [-0.05, 0) is 37.1 Å². The Kier molecular flexibility index (Phi) is 4.05. The van der Waals surface area contributed by atoms with Crippen LogP contribution in [0.15, 0.2) is 16.8 Å². The molecule has 0 unspecified atom stereocenters. The highest BCUT2D eigenvalue weighted by atomic mass is 32.1. The molecule has 0 bridgehead atoms. The zero-order valence-corrected chi connectivity index (χ0v) is 12.4. The highest BCUT2D eigenvalue weighted by Crippen LogP contribution is 2.23. The fourth-order valence-corrected chi connectivity index (χ4v) is 3.79. The largest absolute Gasteiger partial charge is 0.340 e. The number of likely N-dealkylation sites (tertiary alicyclic amines) is 2. The molecule has 0 radical (unpaired) electrons. The molecule has 4 nitrogen and oxygen atoms in total. The molecule has 20 heavy (non-hydrogen) atoms. The van der Waals surface area contributed by atoms with Crippen LogP contribution >= 0.6 is 11.3 Å². The summed E-state index contributed by atoms with van der Waals surface area (Å²) in [6.07, 6.45) is 4.70. The molecular weight excluding hydrogens is 272 g/mol. The number of rotatable bonds is 2. The van der Waals surface area contributed by atoms with Crippen molar-refractivity contribution in [3.63, 3.8) is 0 Å². The topological polar surface area (TPSA) is 40.6 Å². The minimum absolute atomic E-state index is 0.134. The van der Waals surface area contributed by atoms with Crippen molar-refractivity contribution in [2.75, 3.05) is 19.6 Å². The Morgan fingerprint density at radius 3 is 2.65 bits per heavy atom. The van der Waals surface area contributed by atoms with E-state index in [-0.39, 0.29) is 5.91 Å². The maximum absolute atomic E-state index is 12.3. The molecule has 108 valence electrons. The Morgan fingerprint density at radius 1 is 1.20 bits per heavy atom. The van der Waals surface area contributed by atoms with Gasteiger partial charge in [0.05, 0.1) is 5.56 Å². The first-order valence-electron chi connectivity index (χ1n) is 7.36. The van der Waals surface area contributed by atoms with Gasteiger partial charge in [-0.25, -0.2) is 0 Å². The molecule has 2 aliphatic heterocycles. The average Bonchev–Trinajstić information content (AvgIpc) is 3.01. The van der Waals surface area contributed by atoms with Crippen LogP contribution in [0.2, 0.25) is 0 Å². The van der Waals surface area contributed by atoms with Crippen molar-refractivity contribution in [2.24, 2.45) is 0 Å². The Bertz CT molecular complexity index is 478. The van der Waals surface area contributed by atoms with Gasteiger partial charge < -0.3 is 9.80 Å². The quantitative estimate of drug-likeness (QED) is 0.839. The second-order valence-electron chi connectivity index (χ2n) is 5.58. The summed E-state index contributed by atoms with van der Waals surface area (Å²) in [5.74, 6) is 0.438. The smallest absolute Gasteiger partial charge is 0.254 e. The summed E-state index contributed by atoms with van der Waals surface area (Å²) in [5.41, 5.74) is 0.794. The first-order chi connectivity index (χ1) is 9.75. The van der Waals surface area contributed by atoms with Crippen molar-refractivity contribution in [2.45, 2.75) is 38.1 Å². The van der Waals surface area contributed by atoms with Crippen molar-refractivity contribution >= 4 is 23.2 Å². The fraction of sp³-hybridized carbons (Fsp3) is 0.600. The van der Waals surface area contributed by atoms with Gasteiger partial charge in [0.2, 0.25) is 5.91 Å². The second kappa shape index (κ2) is 5.95. The Morgan fingerprint density at radius 2 is 2.00 bits per heavy atom. The number of hydrogen-bond acceptors (Lipinski definition) is 3. The minimum Gasteiger partial charge on any atom is -0.340 e. The third-order valence-corrected chi connectivity index (χ3v) is 5.00. The second-order valence-corrected chi connectivity index (χ2v) is 6.36. The fourth-order valence-electron chi connectivity index (χ4n) is 3.16. The van der Waals surface area contributed by atoms with E-state index in [9.17, 15) is 9.59 Å². The van der Waals surface area contributed by atoms with E-state index in [0.717, 1.165) is 50.9 Å². The number of hydrogen-bond donors (Lipinski definition) is 0. The van der Waals surface area contributed by atoms with E-state index in [0.29, 0.717) is 18.4 Å². The van der Waals surface area contributed by atoms with Gasteiger partial charge in [0.1, 0.15) is 0 Å². The Balaban J connectivity index is 1.57. The monoisotopic (exact) mass is 292 g/mol. The van der Waals surface area contributed by atoms with Crippen LogP contribution in [0, 0.1) is 0 Å². The van der Waals surface area contributed by atoms with Gasteiger partial charge in [0.25, 0.3) is 5.91 Å². The molecule has 3 rings (SSSR count). The number of carbonyl (C=O) groups excluding carboxylic acids is 2. The molecule has 5 heteroatoms. The molecule has 0 saturated carbocycles. The summed E-state index contributed by atoms with van der Waals surface area (Å²) in [6, 6.07) is 2.22. The molecule has 1 aromatic rings. The number of thiophene rings is 1. The van der Waals surface area contributed by atoms with Crippen LogP contribution < -0.4 is 0 Å². The van der Waals surface area contributed by atoms with Crippen molar-refractivity contribution in [3.05, 3.63) is 22.4 Å².